The van der Waals surface area contributed by atoms with Crippen LogP contribution in [-0.4, -0.2) is 11.3 Å². The highest BCUT2D eigenvalue weighted by Crippen LogP contribution is 1.96. The van der Waals surface area contributed by atoms with Crippen molar-refractivity contribution >= 4 is 6.29 Å². The van der Waals surface area contributed by atoms with Gasteiger partial charge in [0, 0.05) is 6.42 Å². The summed E-state index contributed by atoms with van der Waals surface area (Å²) in [5.74, 6) is 0. The van der Waals surface area contributed by atoms with Crippen molar-refractivity contribution in [1.82, 2.24) is 4.98 Å². The van der Waals surface area contributed by atoms with Gasteiger partial charge in [0.15, 0.2) is 6.39 Å². The van der Waals surface area contributed by atoms with E-state index >= 15 is 0 Å². The van der Waals surface area contributed by atoms with E-state index in [1.165, 1.54) is 6.39 Å². The number of carbonyl (C=O) groups is 1. The Morgan fingerprint density at radius 3 is 3.22 bits per heavy atom. The molecule has 0 saturated carbocycles. The van der Waals surface area contributed by atoms with Crippen molar-refractivity contribution in [3.8, 4) is 0 Å². The number of oxazole rings is 1. The second kappa shape index (κ2) is 3.02. The molecule has 9 heavy (non-hydrogen) atoms. The fourth-order valence-electron chi connectivity index (χ4n) is 0.568. The molecule has 0 atom stereocenters. The highest BCUT2D eigenvalue weighted by atomic mass is 16.3. The van der Waals surface area contributed by atoms with E-state index in [2.05, 4.69) is 9.40 Å². The molecule has 0 amide bonds. The van der Waals surface area contributed by atoms with Crippen molar-refractivity contribution in [3.05, 3.63) is 18.4 Å². The molecule has 0 fully saturated rings. The molecule has 0 radical (unpaired) electrons. The number of aryl methyl sites for hydroxylation is 1. The van der Waals surface area contributed by atoms with Crippen molar-refractivity contribution < 1.29 is 9.21 Å². The summed E-state index contributed by atoms with van der Waals surface area (Å²) in [6.07, 6.45) is 4.98. The Bertz CT molecular complexity index is 169. The van der Waals surface area contributed by atoms with E-state index < -0.39 is 0 Å². The van der Waals surface area contributed by atoms with Crippen molar-refractivity contribution in [1.29, 1.82) is 0 Å². The van der Waals surface area contributed by atoms with Crippen LogP contribution in [0.5, 0.6) is 0 Å². The van der Waals surface area contributed by atoms with Gasteiger partial charge in [-0.3, -0.25) is 0 Å². The van der Waals surface area contributed by atoms with Crippen molar-refractivity contribution in [2.75, 3.05) is 0 Å². The van der Waals surface area contributed by atoms with E-state index in [0.717, 1.165) is 12.0 Å². The Morgan fingerprint density at radius 2 is 2.67 bits per heavy atom. The monoisotopic (exact) mass is 125 g/mol. The van der Waals surface area contributed by atoms with Gasteiger partial charge in [0.1, 0.15) is 12.5 Å². The molecule has 0 aliphatic carbocycles. The lowest BCUT2D eigenvalue weighted by molar-refractivity contribution is -0.107. The highest BCUT2D eigenvalue weighted by molar-refractivity contribution is 5.49. The molecule has 48 valence electrons. The lowest BCUT2D eigenvalue weighted by atomic mass is 10.3. The molecule has 3 nitrogen and oxygen atoms in total. The first kappa shape index (κ1) is 6.01. The predicted molar refractivity (Wildman–Crippen MR) is 30.9 cm³/mol. The molecule has 0 unspecified atom stereocenters. The minimum Gasteiger partial charge on any atom is -0.451 e. The van der Waals surface area contributed by atoms with Gasteiger partial charge < -0.3 is 9.21 Å². The summed E-state index contributed by atoms with van der Waals surface area (Å²) in [5.41, 5.74) is 0.835. The molecule has 0 aliphatic rings. The SMILES string of the molecule is O=CCCc1cocn1. The number of nitrogens with zero attached hydrogens (tertiary/aromatic N) is 1. The van der Waals surface area contributed by atoms with Gasteiger partial charge in [0.2, 0.25) is 0 Å². The number of aromatic nitrogens is 1. The molecule has 3 heteroatoms. The van der Waals surface area contributed by atoms with Crippen LogP contribution >= 0.6 is 0 Å². The maximum Gasteiger partial charge on any atom is 0.180 e. The van der Waals surface area contributed by atoms with Gasteiger partial charge >= 0.3 is 0 Å². The highest BCUT2D eigenvalue weighted by Gasteiger charge is 1.92. The van der Waals surface area contributed by atoms with Crippen molar-refractivity contribution in [2.24, 2.45) is 0 Å². The molecule has 1 heterocycles. The molecule has 0 aliphatic heterocycles. The Kier molecular flexibility index (Phi) is 2.01. The Labute approximate surface area is 52.7 Å². The van der Waals surface area contributed by atoms with Crippen LogP contribution in [-0.2, 0) is 11.2 Å². The molecular formula is C6H7NO2. The summed E-state index contributed by atoms with van der Waals surface area (Å²) < 4.78 is 4.68. The van der Waals surface area contributed by atoms with Gasteiger partial charge in [-0.05, 0) is 6.42 Å². The summed E-state index contributed by atoms with van der Waals surface area (Å²) in [5, 5.41) is 0. The van der Waals surface area contributed by atoms with E-state index in [9.17, 15) is 4.79 Å². The third-order valence-corrected chi connectivity index (χ3v) is 1.00. The second-order valence-electron chi connectivity index (χ2n) is 1.69. The lowest BCUT2D eigenvalue weighted by Crippen LogP contribution is -1.83. The summed E-state index contributed by atoms with van der Waals surface area (Å²) >= 11 is 0. The lowest BCUT2D eigenvalue weighted by Gasteiger charge is -1.82. The molecule has 0 spiro atoms. The van der Waals surface area contributed by atoms with Crippen LogP contribution in [0.1, 0.15) is 12.1 Å². The fourth-order valence-corrected chi connectivity index (χ4v) is 0.568. The van der Waals surface area contributed by atoms with Gasteiger partial charge in [-0.25, -0.2) is 4.98 Å². The number of hydrogen-bond donors (Lipinski definition) is 0. The molecular weight excluding hydrogens is 118 g/mol. The van der Waals surface area contributed by atoms with Crippen LogP contribution in [0.4, 0.5) is 0 Å². The molecule has 1 rings (SSSR count). The second-order valence-corrected chi connectivity index (χ2v) is 1.69. The Balaban J connectivity index is 2.38. The van der Waals surface area contributed by atoms with E-state index in [4.69, 9.17) is 0 Å². The summed E-state index contributed by atoms with van der Waals surface area (Å²) in [7, 11) is 0. The van der Waals surface area contributed by atoms with E-state index in [0.29, 0.717) is 12.8 Å². The Morgan fingerprint density at radius 1 is 1.78 bits per heavy atom. The minimum atomic E-state index is 0.520. The first-order valence-electron chi connectivity index (χ1n) is 2.74. The maximum absolute atomic E-state index is 9.84. The smallest absolute Gasteiger partial charge is 0.180 e. The molecule has 0 N–H and O–H groups in total. The number of aldehydes is 1. The third kappa shape index (κ3) is 1.68. The average Bonchev–Trinajstić information content (AvgIpc) is 2.34. The number of hydrogen-bond acceptors (Lipinski definition) is 3. The number of rotatable bonds is 3. The van der Waals surface area contributed by atoms with Crippen LogP contribution in [0.25, 0.3) is 0 Å². The minimum absolute atomic E-state index is 0.520. The van der Waals surface area contributed by atoms with Crippen LogP contribution in [0, 0.1) is 0 Å². The number of carbonyl (C=O) groups excluding carboxylic acids is 1. The maximum atomic E-state index is 9.84. The van der Waals surface area contributed by atoms with Crippen molar-refractivity contribution in [2.45, 2.75) is 12.8 Å². The zero-order valence-electron chi connectivity index (χ0n) is 4.91. The molecule has 0 bridgehead atoms. The Hall–Kier alpha value is -1.12. The van der Waals surface area contributed by atoms with E-state index in [1.54, 1.807) is 6.26 Å². The van der Waals surface area contributed by atoms with E-state index in [-0.39, 0.29) is 0 Å². The fraction of sp³-hybridized carbons (Fsp3) is 0.333. The summed E-state index contributed by atoms with van der Waals surface area (Å²) in [4.78, 5) is 13.7. The van der Waals surface area contributed by atoms with Gasteiger partial charge in [-0.1, -0.05) is 0 Å². The average molecular weight is 125 g/mol. The van der Waals surface area contributed by atoms with E-state index in [1.807, 2.05) is 0 Å². The summed E-state index contributed by atoms with van der Waals surface area (Å²) in [6, 6.07) is 0. The van der Waals surface area contributed by atoms with Gasteiger partial charge in [0.25, 0.3) is 0 Å². The first-order valence-corrected chi connectivity index (χ1v) is 2.74. The van der Waals surface area contributed by atoms with Crippen molar-refractivity contribution in [3.63, 3.8) is 0 Å². The standard InChI is InChI=1S/C6H7NO2/c8-3-1-2-6-4-9-5-7-6/h3-5H,1-2H2. The van der Waals surface area contributed by atoms with Gasteiger partial charge in [-0.2, -0.15) is 0 Å². The molecule has 0 saturated heterocycles. The van der Waals surface area contributed by atoms with Crippen LogP contribution in [0.3, 0.4) is 0 Å². The zero-order chi connectivity index (χ0) is 6.53. The quantitative estimate of drug-likeness (QED) is 0.561. The largest absolute Gasteiger partial charge is 0.451 e. The summed E-state index contributed by atoms with van der Waals surface area (Å²) in [6.45, 7) is 0. The van der Waals surface area contributed by atoms with Crippen LogP contribution < -0.4 is 0 Å². The zero-order valence-corrected chi connectivity index (χ0v) is 4.91. The third-order valence-electron chi connectivity index (χ3n) is 1.00. The predicted octanol–water partition coefficient (Wildman–Crippen LogP) is 0.806. The molecule has 0 aromatic carbocycles. The molecule has 1 aromatic heterocycles. The van der Waals surface area contributed by atoms with Crippen LogP contribution in [0.15, 0.2) is 17.1 Å². The topological polar surface area (TPSA) is 43.1 Å². The van der Waals surface area contributed by atoms with Gasteiger partial charge in [-0.15, -0.1) is 0 Å². The normalized spacial score (nSPS) is 9.33. The van der Waals surface area contributed by atoms with Crippen LogP contribution in [0.2, 0.25) is 0 Å². The first-order chi connectivity index (χ1) is 4.43. The molecule has 1 aromatic rings. The van der Waals surface area contributed by atoms with Gasteiger partial charge in [0.05, 0.1) is 5.69 Å².